The summed E-state index contributed by atoms with van der Waals surface area (Å²) in [7, 11) is 0. The van der Waals surface area contributed by atoms with Crippen LogP contribution in [-0.4, -0.2) is 46.3 Å². The Kier molecular flexibility index (Phi) is 5.81. The molecule has 4 rings (SSSR count). The fourth-order valence-electron chi connectivity index (χ4n) is 3.48. The highest BCUT2D eigenvalue weighted by Gasteiger charge is 2.26. The molecule has 0 aliphatic carbocycles. The number of anilines is 1. The fraction of sp³-hybridized carbons (Fsp3) is 0.261. The van der Waals surface area contributed by atoms with E-state index in [0.29, 0.717) is 23.1 Å². The molecule has 6 heteroatoms. The Morgan fingerprint density at radius 2 is 1.90 bits per heavy atom. The highest BCUT2D eigenvalue weighted by Crippen LogP contribution is 2.23. The van der Waals surface area contributed by atoms with Crippen LogP contribution in [0.1, 0.15) is 24.5 Å². The zero-order valence-electron chi connectivity index (χ0n) is 16.5. The molecule has 0 radical (unpaired) electrons. The molecule has 2 aromatic carbocycles. The largest absolute Gasteiger partial charge is 0.457 e. The molecule has 1 aromatic heterocycles. The SMILES string of the molecule is CCN1CC[C@H]1CNc1ncncc1C(=N)c1ccc(Oc2ccccc2)cc1. The summed E-state index contributed by atoms with van der Waals surface area (Å²) < 4.78 is 5.83. The molecule has 1 atom stereocenters. The van der Waals surface area contributed by atoms with Crippen molar-refractivity contribution in [3.05, 3.63) is 78.2 Å². The number of rotatable bonds is 8. The maximum atomic E-state index is 8.65. The summed E-state index contributed by atoms with van der Waals surface area (Å²) in [6.07, 6.45) is 4.42. The van der Waals surface area contributed by atoms with Crippen LogP contribution in [0.25, 0.3) is 0 Å². The van der Waals surface area contributed by atoms with Gasteiger partial charge in [-0.15, -0.1) is 0 Å². The first-order valence-corrected chi connectivity index (χ1v) is 9.94. The molecule has 0 spiro atoms. The number of para-hydroxylation sites is 1. The van der Waals surface area contributed by atoms with Crippen LogP contribution in [0.3, 0.4) is 0 Å². The standard InChI is InChI=1S/C23H25N5O/c1-2-28-13-12-18(28)14-26-23-21(15-25-16-27-23)22(24)17-8-10-20(11-9-17)29-19-6-4-3-5-7-19/h3-11,15-16,18,24H,2,12-14H2,1H3,(H,25,26,27)/t18-/m0/s1. The molecular formula is C23H25N5O. The average molecular weight is 387 g/mol. The van der Waals surface area contributed by atoms with Gasteiger partial charge in [0.05, 0.1) is 11.3 Å². The minimum Gasteiger partial charge on any atom is -0.457 e. The van der Waals surface area contributed by atoms with Gasteiger partial charge < -0.3 is 10.1 Å². The number of nitrogens with zero attached hydrogens (tertiary/aromatic N) is 3. The second-order valence-electron chi connectivity index (χ2n) is 7.05. The van der Waals surface area contributed by atoms with Gasteiger partial charge in [0.25, 0.3) is 0 Å². The van der Waals surface area contributed by atoms with Gasteiger partial charge in [-0.25, -0.2) is 9.97 Å². The Hall–Kier alpha value is -3.25. The number of benzene rings is 2. The van der Waals surface area contributed by atoms with Crippen molar-refractivity contribution in [1.82, 2.24) is 14.9 Å². The summed E-state index contributed by atoms with van der Waals surface area (Å²) in [6, 6.07) is 17.7. The van der Waals surface area contributed by atoms with Gasteiger partial charge in [-0.3, -0.25) is 10.3 Å². The highest BCUT2D eigenvalue weighted by atomic mass is 16.5. The molecule has 1 aliphatic rings. The van der Waals surface area contributed by atoms with Gasteiger partial charge in [-0.2, -0.15) is 0 Å². The second kappa shape index (κ2) is 8.84. The number of nitrogens with one attached hydrogen (secondary N) is 2. The van der Waals surface area contributed by atoms with E-state index < -0.39 is 0 Å². The third-order valence-electron chi connectivity index (χ3n) is 5.28. The summed E-state index contributed by atoms with van der Waals surface area (Å²) in [4.78, 5) is 10.9. The van der Waals surface area contributed by atoms with Crippen LogP contribution in [0.15, 0.2) is 67.1 Å². The zero-order chi connectivity index (χ0) is 20.1. The molecular weight excluding hydrogens is 362 g/mol. The van der Waals surface area contributed by atoms with E-state index in [0.717, 1.165) is 36.7 Å². The predicted octanol–water partition coefficient (Wildman–Crippen LogP) is 4.19. The van der Waals surface area contributed by atoms with Crippen molar-refractivity contribution in [3.8, 4) is 11.5 Å². The maximum Gasteiger partial charge on any atom is 0.138 e. The van der Waals surface area contributed by atoms with E-state index >= 15 is 0 Å². The van der Waals surface area contributed by atoms with Gasteiger partial charge in [0, 0.05) is 30.9 Å². The van der Waals surface area contributed by atoms with Crippen LogP contribution in [0.2, 0.25) is 0 Å². The van der Waals surface area contributed by atoms with Gasteiger partial charge in [-0.05, 0) is 49.4 Å². The number of aromatic nitrogens is 2. The van der Waals surface area contributed by atoms with Crippen LogP contribution >= 0.6 is 0 Å². The molecule has 0 bridgehead atoms. The molecule has 2 heterocycles. The number of ether oxygens (including phenoxy) is 1. The van der Waals surface area contributed by atoms with E-state index in [-0.39, 0.29) is 0 Å². The number of hydrogen-bond donors (Lipinski definition) is 2. The number of likely N-dealkylation sites (tertiary alicyclic amines) is 1. The molecule has 1 aliphatic heterocycles. The number of hydrogen-bond acceptors (Lipinski definition) is 6. The van der Waals surface area contributed by atoms with Crippen LogP contribution in [0, 0.1) is 5.41 Å². The molecule has 3 aromatic rings. The van der Waals surface area contributed by atoms with E-state index in [4.69, 9.17) is 10.1 Å². The van der Waals surface area contributed by atoms with Crippen LogP contribution < -0.4 is 10.1 Å². The quantitative estimate of drug-likeness (QED) is 0.567. The van der Waals surface area contributed by atoms with E-state index in [9.17, 15) is 0 Å². The van der Waals surface area contributed by atoms with Crippen molar-refractivity contribution in [2.45, 2.75) is 19.4 Å². The van der Waals surface area contributed by atoms with Gasteiger partial charge in [0.1, 0.15) is 23.6 Å². The highest BCUT2D eigenvalue weighted by molar-refractivity contribution is 6.13. The van der Waals surface area contributed by atoms with Crippen LogP contribution in [0.4, 0.5) is 5.82 Å². The molecule has 0 amide bonds. The van der Waals surface area contributed by atoms with E-state index in [1.807, 2.05) is 54.6 Å². The van der Waals surface area contributed by atoms with Crippen molar-refractivity contribution < 1.29 is 4.74 Å². The van der Waals surface area contributed by atoms with Crippen LogP contribution in [0.5, 0.6) is 11.5 Å². The van der Waals surface area contributed by atoms with Crippen molar-refractivity contribution in [2.24, 2.45) is 0 Å². The molecule has 29 heavy (non-hydrogen) atoms. The monoisotopic (exact) mass is 387 g/mol. The van der Waals surface area contributed by atoms with E-state index in [2.05, 4.69) is 27.1 Å². The first kappa shape index (κ1) is 19.1. The Morgan fingerprint density at radius 3 is 2.59 bits per heavy atom. The lowest BCUT2D eigenvalue weighted by Gasteiger charge is -2.40. The summed E-state index contributed by atoms with van der Waals surface area (Å²) >= 11 is 0. The first-order valence-electron chi connectivity index (χ1n) is 9.94. The summed E-state index contributed by atoms with van der Waals surface area (Å²) in [5.41, 5.74) is 1.88. The first-order chi connectivity index (χ1) is 14.2. The molecule has 1 fully saturated rings. The molecule has 0 unspecified atom stereocenters. The maximum absolute atomic E-state index is 8.65. The molecule has 1 saturated heterocycles. The molecule has 6 nitrogen and oxygen atoms in total. The van der Waals surface area contributed by atoms with Crippen molar-refractivity contribution in [1.29, 1.82) is 5.41 Å². The number of likely N-dealkylation sites (N-methyl/N-ethyl adjacent to an activating group) is 1. The molecule has 148 valence electrons. The van der Waals surface area contributed by atoms with Crippen LogP contribution in [-0.2, 0) is 0 Å². The topological polar surface area (TPSA) is 74.1 Å². The summed E-state index contributed by atoms with van der Waals surface area (Å²) in [5, 5.41) is 12.1. The van der Waals surface area contributed by atoms with E-state index in [1.54, 1.807) is 6.20 Å². The Bertz CT molecular complexity index is 957. The minimum absolute atomic E-state index is 0.389. The minimum atomic E-state index is 0.389. The van der Waals surface area contributed by atoms with Gasteiger partial charge in [0.15, 0.2) is 0 Å². The smallest absolute Gasteiger partial charge is 0.138 e. The molecule has 2 N–H and O–H groups in total. The van der Waals surface area contributed by atoms with Crippen molar-refractivity contribution in [2.75, 3.05) is 25.0 Å². The lowest BCUT2D eigenvalue weighted by molar-refractivity contribution is 0.108. The Balaban J connectivity index is 1.45. The van der Waals surface area contributed by atoms with Crippen molar-refractivity contribution >= 4 is 11.5 Å². The summed E-state index contributed by atoms with van der Waals surface area (Å²) in [6.45, 7) is 5.24. The normalized spacial score (nSPS) is 16.1. The Labute approximate surface area is 171 Å². The molecule has 0 saturated carbocycles. The average Bonchev–Trinajstić information content (AvgIpc) is 2.75. The fourth-order valence-corrected chi connectivity index (χ4v) is 3.48. The van der Waals surface area contributed by atoms with Gasteiger partial charge in [0.2, 0.25) is 0 Å². The third-order valence-corrected chi connectivity index (χ3v) is 5.28. The second-order valence-corrected chi connectivity index (χ2v) is 7.05. The van der Waals surface area contributed by atoms with E-state index in [1.165, 1.54) is 12.7 Å². The predicted molar refractivity (Wildman–Crippen MR) is 115 cm³/mol. The Morgan fingerprint density at radius 1 is 1.14 bits per heavy atom. The van der Waals surface area contributed by atoms with Gasteiger partial charge in [-0.1, -0.05) is 25.1 Å². The van der Waals surface area contributed by atoms with Crippen molar-refractivity contribution in [3.63, 3.8) is 0 Å². The zero-order valence-corrected chi connectivity index (χ0v) is 16.5. The lowest BCUT2D eigenvalue weighted by atomic mass is 10.0. The summed E-state index contributed by atoms with van der Waals surface area (Å²) in [5.74, 6) is 2.23. The lowest BCUT2D eigenvalue weighted by Crippen LogP contribution is -2.51. The third kappa shape index (κ3) is 4.43. The van der Waals surface area contributed by atoms with Gasteiger partial charge >= 0.3 is 0 Å².